The number of nitrogens with zero attached hydrogens (tertiary/aromatic N) is 2. The quantitative estimate of drug-likeness (QED) is 0.381. The molecule has 0 saturated carbocycles. The third-order valence-corrected chi connectivity index (χ3v) is 5.45. The van der Waals surface area contributed by atoms with Crippen LogP contribution in [0.2, 0.25) is 0 Å². The van der Waals surface area contributed by atoms with E-state index in [1.165, 1.54) is 18.7 Å². The van der Waals surface area contributed by atoms with Crippen LogP contribution in [0.15, 0.2) is 59.9 Å². The van der Waals surface area contributed by atoms with Crippen molar-refractivity contribution in [1.82, 2.24) is 9.97 Å². The van der Waals surface area contributed by atoms with E-state index in [0.29, 0.717) is 22.2 Å². The van der Waals surface area contributed by atoms with Crippen molar-refractivity contribution in [3.8, 4) is 0 Å². The molecule has 2 heterocycles. The molecule has 0 atom stereocenters. The lowest BCUT2D eigenvalue weighted by atomic mass is 10.1. The smallest absolute Gasteiger partial charge is 0.303 e. The molecule has 0 spiro atoms. The molecular formula is C24H24N4O4S. The number of ether oxygens (including phenoxy) is 1. The molecular weight excluding hydrogens is 440 g/mol. The minimum absolute atomic E-state index is 0.233. The van der Waals surface area contributed by atoms with Crippen molar-refractivity contribution in [2.24, 2.45) is 0 Å². The molecule has 0 unspecified atom stereocenters. The summed E-state index contributed by atoms with van der Waals surface area (Å²) in [6.07, 6.45) is 3.21. The molecule has 3 aromatic rings. The summed E-state index contributed by atoms with van der Waals surface area (Å²) in [6, 6.07) is 12.9. The summed E-state index contributed by atoms with van der Waals surface area (Å²) >= 11 is 1.41. The predicted molar refractivity (Wildman–Crippen MR) is 127 cm³/mol. The summed E-state index contributed by atoms with van der Waals surface area (Å²) in [4.78, 5) is 44.0. The van der Waals surface area contributed by atoms with Gasteiger partial charge in [-0.05, 0) is 66.9 Å². The molecule has 2 amide bonds. The Morgan fingerprint density at radius 1 is 0.970 bits per heavy atom. The summed E-state index contributed by atoms with van der Waals surface area (Å²) in [5.74, 6) is -0.382. The average molecular weight is 465 g/mol. The van der Waals surface area contributed by atoms with Gasteiger partial charge in [-0.25, -0.2) is 9.97 Å². The number of anilines is 2. The van der Waals surface area contributed by atoms with E-state index in [0.717, 1.165) is 22.4 Å². The van der Waals surface area contributed by atoms with Crippen LogP contribution in [0.1, 0.15) is 34.0 Å². The third-order valence-electron chi connectivity index (χ3n) is 4.37. The van der Waals surface area contributed by atoms with E-state index in [4.69, 9.17) is 0 Å². The summed E-state index contributed by atoms with van der Waals surface area (Å²) in [5, 5.41) is 6.12. The van der Waals surface area contributed by atoms with E-state index in [9.17, 15) is 14.4 Å². The Balaban J connectivity index is 1.66. The fraction of sp³-hybridized carbons (Fsp3) is 0.208. The Morgan fingerprint density at radius 2 is 1.73 bits per heavy atom. The van der Waals surface area contributed by atoms with Crippen LogP contribution >= 0.6 is 11.8 Å². The maximum absolute atomic E-state index is 12.9. The van der Waals surface area contributed by atoms with Gasteiger partial charge in [-0.15, -0.1) is 11.8 Å². The standard InChI is InChI=1S/C24H24N4O4S/c1-15-9-16(2)11-19(10-15)27-23(31)20-5-4-7-26-24(20)33-14-18-6-8-25-21(12-18)28-22(30)13-32-17(3)29/h4-12H,13-14H2,1-3H3,(H,27,31)(H,25,28,30). The molecule has 0 bridgehead atoms. The van der Waals surface area contributed by atoms with Crippen molar-refractivity contribution >= 4 is 41.1 Å². The van der Waals surface area contributed by atoms with E-state index >= 15 is 0 Å². The number of thioether (sulfide) groups is 1. The number of nitrogens with one attached hydrogen (secondary N) is 2. The van der Waals surface area contributed by atoms with Gasteiger partial charge in [0.1, 0.15) is 10.8 Å². The minimum atomic E-state index is -0.531. The fourth-order valence-electron chi connectivity index (χ4n) is 3.05. The normalized spacial score (nSPS) is 10.4. The predicted octanol–water partition coefficient (Wildman–Crippen LogP) is 4.14. The number of carbonyl (C=O) groups excluding carboxylic acids is 3. The Labute approximate surface area is 196 Å². The summed E-state index contributed by atoms with van der Waals surface area (Å²) in [6.45, 7) is 4.83. The number of hydrogen-bond acceptors (Lipinski definition) is 7. The lowest BCUT2D eigenvalue weighted by Crippen LogP contribution is -2.20. The molecule has 2 N–H and O–H groups in total. The van der Waals surface area contributed by atoms with E-state index in [1.807, 2.05) is 38.1 Å². The van der Waals surface area contributed by atoms with Crippen LogP contribution in [0.3, 0.4) is 0 Å². The molecule has 0 fully saturated rings. The molecule has 9 heteroatoms. The molecule has 0 aliphatic carbocycles. The van der Waals surface area contributed by atoms with Crippen LogP contribution in [0, 0.1) is 13.8 Å². The summed E-state index contributed by atoms with van der Waals surface area (Å²) in [5.41, 5.74) is 4.23. The molecule has 2 aromatic heterocycles. The van der Waals surface area contributed by atoms with Crippen LogP contribution in [-0.4, -0.2) is 34.4 Å². The van der Waals surface area contributed by atoms with Gasteiger partial charge in [0.15, 0.2) is 6.61 Å². The first-order valence-electron chi connectivity index (χ1n) is 10.2. The van der Waals surface area contributed by atoms with Gasteiger partial charge in [0.2, 0.25) is 0 Å². The molecule has 8 nitrogen and oxygen atoms in total. The Kier molecular flexibility index (Phi) is 8.15. The maximum atomic E-state index is 12.9. The third kappa shape index (κ3) is 7.43. The van der Waals surface area contributed by atoms with Gasteiger partial charge in [0.25, 0.3) is 11.8 Å². The highest BCUT2D eigenvalue weighted by molar-refractivity contribution is 7.98. The van der Waals surface area contributed by atoms with Gasteiger partial charge in [0, 0.05) is 30.8 Å². The molecule has 1 aromatic carbocycles. The average Bonchev–Trinajstić information content (AvgIpc) is 2.76. The SMILES string of the molecule is CC(=O)OCC(=O)Nc1cc(CSc2ncccc2C(=O)Nc2cc(C)cc(C)c2)ccn1. The van der Waals surface area contributed by atoms with Crippen molar-refractivity contribution < 1.29 is 19.1 Å². The second-order valence-corrected chi connectivity index (χ2v) is 8.32. The number of aromatic nitrogens is 2. The van der Waals surface area contributed by atoms with Crippen molar-refractivity contribution in [2.75, 3.05) is 17.2 Å². The first-order valence-corrected chi connectivity index (χ1v) is 11.1. The molecule has 0 aliphatic heterocycles. The second kappa shape index (κ2) is 11.2. The Morgan fingerprint density at radius 3 is 2.45 bits per heavy atom. The number of rotatable bonds is 8. The van der Waals surface area contributed by atoms with Crippen molar-refractivity contribution in [1.29, 1.82) is 0 Å². The second-order valence-electron chi connectivity index (χ2n) is 7.35. The van der Waals surface area contributed by atoms with E-state index in [2.05, 4.69) is 25.3 Å². The highest BCUT2D eigenvalue weighted by Crippen LogP contribution is 2.26. The zero-order valence-electron chi connectivity index (χ0n) is 18.5. The number of aryl methyl sites for hydroxylation is 2. The zero-order chi connectivity index (χ0) is 23.8. The van der Waals surface area contributed by atoms with Crippen molar-refractivity contribution in [3.63, 3.8) is 0 Å². The zero-order valence-corrected chi connectivity index (χ0v) is 19.4. The van der Waals surface area contributed by atoms with Gasteiger partial charge >= 0.3 is 5.97 Å². The first kappa shape index (κ1) is 23.9. The molecule has 33 heavy (non-hydrogen) atoms. The van der Waals surface area contributed by atoms with Gasteiger partial charge < -0.3 is 15.4 Å². The number of carbonyl (C=O) groups is 3. The lowest BCUT2D eigenvalue weighted by Gasteiger charge is -2.11. The van der Waals surface area contributed by atoms with E-state index < -0.39 is 11.9 Å². The maximum Gasteiger partial charge on any atom is 0.303 e. The molecule has 170 valence electrons. The fourth-order valence-corrected chi connectivity index (χ4v) is 3.99. The topological polar surface area (TPSA) is 110 Å². The van der Waals surface area contributed by atoms with Crippen LogP contribution in [-0.2, 0) is 20.1 Å². The van der Waals surface area contributed by atoms with Crippen LogP contribution in [0.25, 0.3) is 0 Å². The number of pyridine rings is 2. The minimum Gasteiger partial charge on any atom is -0.456 e. The van der Waals surface area contributed by atoms with Gasteiger partial charge in [-0.3, -0.25) is 14.4 Å². The summed E-state index contributed by atoms with van der Waals surface area (Å²) < 4.78 is 4.67. The van der Waals surface area contributed by atoms with Crippen LogP contribution in [0.5, 0.6) is 0 Å². The Hall–Kier alpha value is -3.72. The van der Waals surface area contributed by atoms with E-state index in [-0.39, 0.29) is 12.5 Å². The number of esters is 1. The molecule has 0 aliphatic rings. The van der Waals surface area contributed by atoms with E-state index in [1.54, 1.807) is 30.6 Å². The van der Waals surface area contributed by atoms with Crippen molar-refractivity contribution in [2.45, 2.75) is 31.6 Å². The van der Waals surface area contributed by atoms with Gasteiger partial charge in [-0.1, -0.05) is 6.07 Å². The van der Waals surface area contributed by atoms with Crippen LogP contribution < -0.4 is 10.6 Å². The van der Waals surface area contributed by atoms with Crippen LogP contribution in [0.4, 0.5) is 11.5 Å². The number of benzene rings is 1. The lowest BCUT2D eigenvalue weighted by molar-refractivity contribution is -0.144. The van der Waals surface area contributed by atoms with Gasteiger partial charge in [-0.2, -0.15) is 0 Å². The largest absolute Gasteiger partial charge is 0.456 e. The number of hydrogen-bond donors (Lipinski definition) is 2. The molecule has 3 rings (SSSR count). The summed E-state index contributed by atoms with van der Waals surface area (Å²) in [7, 11) is 0. The molecule has 0 radical (unpaired) electrons. The van der Waals surface area contributed by atoms with Crippen molar-refractivity contribution in [3.05, 3.63) is 77.1 Å². The highest BCUT2D eigenvalue weighted by Gasteiger charge is 2.14. The highest BCUT2D eigenvalue weighted by atomic mass is 32.2. The first-order chi connectivity index (χ1) is 15.8. The van der Waals surface area contributed by atoms with Gasteiger partial charge in [0.05, 0.1) is 5.56 Å². The number of amides is 2. The Bertz CT molecular complexity index is 1160. The monoisotopic (exact) mass is 464 g/mol. The molecule has 0 saturated heterocycles.